The van der Waals surface area contributed by atoms with E-state index >= 15 is 0 Å². The van der Waals surface area contributed by atoms with Crippen molar-refractivity contribution in [3.63, 3.8) is 0 Å². The Bertz CT molecular complexity index is 899. The molecule has 3 atom stereocenters. The predicted molar refractivity (Wildman–Crippen MR) is 121 cm³/mol. The number of hydrogen-bond acceptors (Lipinski definition) is 3. The molecule has 0 bridgehead atoms. The maximum Gasteiger partial charge on any atom is 0.231 e. The van der Waals surface area contributed by atoms with E-state index in [1.54, 1.807) is 43.3 Å². The van der Waals surface area contributed by atoms with Crippen molar-refractivity contribution in [3.05, 3.63) is 62.6 Å². The summed E-state index contributed by atoms with van der Waals surface area (Å²) >= 11 is 31.1. The maximum absolute atomic E-state index is 12.8. The van der Waals surface area contributed by atoms with Crippen molar-refractivity contribution >= 4 is 69.6 Å². The Kier molecular flexibility index (Phi) is 7.27. The third kappa shape index (κ3) is 5.50. The Morgan fingerprint density at radius 3 is 2.41 bits per heavy atom. The molecule has 0 heterocycles. The molecule has 1 aliphatic carbocycles. The van der Waals surface area contributed by atoms with Crippen LogP contribution in [-0.4, -0.2) is 28.0 Å². The normalized spacial score (nSPS) is 20.9. The standard InChI is InChI=1S/C20H19Cl5N2O2/c1-10(28)8-26-9-12-6-15(2-3-16(12)23)27-19(29)18-17(20(18,24)25)11-4-13(21)7-14(22)5-11/h2-7,10,17-18,26,28H,8-9H2,1H3,(H,27,29). The van der Waals surface area contributed by atoms with Crippen LogP contribution in [0.25, 0.3) is 0 Å². The zero-order valence-electron chi connectivity index (χ0n) is 15.4. The maximum atomic E-state index is 12.8. The van der Waals surface area contributed by atoms with E-state index in [-0.39, 0.29) is 5.91 Å². The molecule has 9 heteroatoms. The van der Waals surface area contributed by atoms with Crippen LogP contribution in [0, 0.1) is 5.92 Å². The molecular formula is C20H19Cl5N2O2. The topological polar surface area (TPSA) is 61.4 Å². The van der Waals surface area contributed by atoms with Crippen LogP contribution in [0.3, 0.4) is 0 Å². The van der Waals surface area contributed by atoms with Crippen LogP contribution >= 0.6 is 58.0 Å². The van der Waals surface area contributed by atoms with E-state index in [0.29, 0.717) is 39.4 Å². The van der Waals surface area contributed by atoms with Gasteiger partial charge in [0, 0.05) is 39.8 Å². The Labute approximate surface area is 194 Å². The second-order valence-corrected chi connectivity index (χ2v) is 9.83. The lowest BCUT2D eigenvalue weighted by atomic mass is 10.1. The van der Waals surface area contributed by atoms with Gasteiger partial charge in [0.25, 0.3) is 0 Å². The van der Waals surface area contributed by atoms with Gasteiger partial charge >= 0.3 is 0 Å². The Balaban J connectivity index is 1.71. The van der Waals surface area contributed by atoms with Gasteiger partial charge in [0.15, 0.2) is 0 Å². The number of halogens is 5. The number of amides is 1. The number of aliphatic hydroxyl groups excluding tert-OH is 1. The van der Waals surface area contributed by atoms with Crippen LogP contribution in [0.5, 0.6) is 0 Å². The summed E-state index contributed by atoms with van der Waals surface area (Å²) in [6, 6.07) is 10.2. The van der Waals surface area contributed by atoms with E-state index in [2.05, 4.69) is 10.6 Å². The number of carbonyl (C=O) groups is 1. The highest BCUT2D eigenvalue weighted by atomic mass is 35.5. The molecule has 1 amide bonds. The third-order valence-electron chi connectivity index (χ3n) is 4.65. The highest BCUT2D eigenvalue weighted by Crippen LogP contribution is 2.65. The van der Waals surface area contributed by atoms with Crippen LogP contribution in [0.1, 0.15) is 24.0 Å². The molecule has 3 rings (SSSR count). The molecule has 0 radical (unpaired) electrons. The number of hydrogen-bond donors (Lipinski definition) is 3. The molecule has 156 valence electrons. The Morgan fingerprint density at radius 2 is 1.79 bits per heavy atom. The number of carbonyl (C=O) groups excluding carboxylic acids is 1. The van der Waals surface area contributed by atoms with Crippen molar-refractivity contribution in [1.82, 2.24) is 5.32 Å². The van der Waals surface area contributed by atoms with Gasteiger partial charge < -0.3 is 15.7 Å². The Hall–Kier alpha value is -0.720. The van der Waals surface area contributed by atoms with E-state index in [0.717, 1.165) is 5.56 Å². The second-order valence-electron chi connectivity index (χ2n) is 7.11. The summed E-state index contributed by atoms with van der Waals surface area (Å²) < 4.78 is -1.24. The molecule has 0 spiro atoms. The predicted octanol–water partition coefficient (Wildman–Crippen LogP) is 5.64. The van der Waals surface area contributed by atoms with Gasteiger partial charge in [0.2, 0.25) is 5.91 Å². The number of benzene rings is 2. The van der Waals surface area contributed by atoms with Crippen molar-refractivity contribution in [2.45, 2.75) is 29.8 Å². The average Bonchev–Trinajstić information content (AvgIpc) is 3.19. The average molecular weight is 497 g/mol. The molecule has 1 fully saturated rings. The smallest absolute Gasteiger partial charge is 0.231 e. The van der Waals surface area contributed by atoms with Crippen LogP contribution in [-0.2, 0) is 11.3 Å². The van der Waals surface area contributed by atoms with Crippen molar-refractivity contribution < 1.29 is 9.90 Å². The molecular weight excluding hydrogens is 477 g/mol. The van der Waals surface area contributed by atoms with Crippen molar-refractivity contribution in [2.24, 2.45) is 5.92 Å². The fourth-order valence-electron chi connectivity index (χ4n) is 3.25. The van der Waals surface area contributed by atoms with E-state index in [4.69, 9.17) is 58.0 Å². The van der Waals surface area contributed by atoms with Gasteiger partial charge in [0.05, 0.1) is 12.0 Å². The summed E-state index contributed by atoms with van der Waals surface area (Å²) in [7, 11) is 0. The lowest BCUT2D eigenvalue weighted by molar-refractivity contribution is -0.117. The number of nitrogens with one attached hydrogen (secondary N) is 2. The molecule has 1 saturated carbocycles. The van der Waals surface area contributed by atoms with E-state index in [1.165, 1.54) is 0 Å². The number of rotatable bonds is 7. The summed E-state index contributed by atoms with van der Waals surface area (Å²) in [4.78, 5) is 12.8. The molecule has 2 aromatic carbocycles. The molecule has 3 N–H and O–H groups in total. The lowest BCUT2D eigenvalue weighted by Crippen LogP contribution is -2.24. The molecule has 0 aromatic heterocycles. The third-order valence-corrected chi connectivity index (χ3v) is 6.39. The molecule has 2 aromatic rings. The van der Waals surface area contributed by atoms with E-state index in [1.807, 2.05) is 0 Å². The van der Waals surface area contributed by atoms with Gasteiger partial charge in [-0.15, -0.1) is 23.2 Å². The number of aliphatic hydroxyl groups is 1. The lowest BCUT2D eigenvalue weighted by Gasteiger charge is -2.11. The summed E-state index contributed by atoms with van der Waals surface area (Å²) in [6.45, 7) is 2.57. The summed E-state index contributed by atoms with van der Waals surface area (Å²) in [5, 5.41) is 16.8. The molecule has 1 aliphatic rings. The summed E-state index contributed by atoms with van der Waals surface area (Å²) in [5.41, 5.74) is 2.08. The number of anilines is 1. The van der Waals surface area contributed by atoms with Gasteiger partial charge in [-0.3, -0.25) is 4.79 Å². The first-order chi connectivity index (χ1) is 13.6. The van der Waals surface area contributed by atoms with Crippen LogP contribution in [0.15, 0.2) is 36.4 Å². The van der Waals surface area contributed by atoms with Crippen molar-refractivity contribution in [1.29, 1.82) is 0 Å². The molecule has 4 nitrogen and oxygen atoms in total. The minimum absolute atomic E-state index is 0.304. The van der Waals surface area contributed by atoms with Crippen LogP contribution < -0.4 is 10.6 Å². The summed E-state index contributed by atoms with van der Waals surface area (Å²) in [6.07, 6.45) is -0.469. The van der Waals surface area contributed by atoms with Crippen molar-refractivity contribution in [3.8, 4) is 0 Å². The first kappa shape index (κ1) is 23.0. The number of alkyl halides is 2. The molecule has 0 saturated heterocycles. The minimum atomic E-state index is -1.24. The Morgan fingerprint density at radius 1 is 1.14 bits per heavy atom. The largest absolute Gasteiger partial charge is 0.392 e. The van der Waals surface area contributed by atoms with Gasteiger partial charge in [0.1, 0.15) is 4.33 Å². The fourth-order valence-corrected chi connectivity index (χ4v) is 4.80. The van der Waals surface area contributed by atoms with E-state index < -0.39 is 22.3 Å². The highest BCUT2D eigenvalue weighted by molar-refractivity contribution is 6.53. The fraction of sp³-hybridized carbons (Fsp3) is 0.350. The van der Waals surface area contributed by atoms with Gasteiger partial charge in [-0.05, 0) is 54.4 Å². The SMILES string of the molecule is CC(O)CNCc1cc(NC(=O)C2C(c3cc(Cl)cc(Cl)c3)C2(Cl)Cl)ccc1Cl. The van der Waals surface area contributed by atoms with E-state index in [9.17, 15) is 9.90 Å². The van der Waals surface area contributed by atoms with Gasteiger partial charge in [-0.25, -0.2) is 0 Å². The first-order valence-corrected chi connectivity index (χ1v) is 10.8. The minimum Gasteiger partial charge on any atom is -0.392 e. The van der Waals surface area contributed by atoms with Gasteiger partial charge in [-0.2, -0.15) is 0 Å². The van der Waals surface area contributed by atoms with Crippen LogP contribution in [0.2, 0.25) is 15.1 Å². The quantitative estimate of drug-likeness (QED) is 0.435. The second kappa shape index (κ2) is 9.19. The highest BCUT2D eigenvalue weighted by Gasteiger charge is 2.67. The zero-order chi connectivity index (χ0) is 21.3. The van der Waals surface area contributed by atoms with Gasteiger partial charge in [-0.1, -0.05) is 34.8 Å². The molecule has 3 unspecified atom stereocenters. The van der Waals surface area contributed by atoms with Crippen LogP contribution in [0.4, 0.5) is 5.69 Å². The molecule has 29 heavy (non-hydrogen) atoms. The van der Waals surface area contributed by atoms with Crippen molar-refractivity contribution in [2.75, 3.05) is 11.9 Å². The monoisotopic (exact) mass is 494 g/mol. The summed E-state index contributed by atoms with van der Waals surface area (Å²) in [5.74, 6) is -1.37. The first-order valence-electron chi connectivity index (χ1n) is 8.91. The zero-order valence-corrected chi connectivity index (χ0v) is 19.1. The molecule has 0 aliphatic heterocycles.